The van der Waals surface area contributed by atoms with E-state index in [1.165, 1.54) is 28.8 Å². The maximum atomic E-state index is 4.39. The second kappa shape index (κ2) is 5.61. The molecule has 0 bridgehead atoms. The number of hydrogen-bond donors (Lipinski definition) is 1. The second-order valence-electron chi connectivity index (χ2n) is 5.75. The van der Waals surface area contributed by atoms with Crippen molar-refractivity contribution < 1.29 is 0 Å². The molecule has 1 heterocycles. The lowest BCUT2D eigenvalue weighted by Crippen LogP contribution is -2.05. The van der Waals surface area contributed by atoms with E-state index in [1.54, 1.807) is 6.33 Å². The smallest absolute Gasteiger partial charge is 0.133 e. The van der Waals surface area contributed by atoms with E-state index in [1.807, 2.05) is 0 Å². The Kier molecular flexibility index (Phi) is 3.68. The van der Waals surface area contributed by atoms with Crippen molar-refractivity contribution in [3.63, 3.8) is 0 Å². The van der Waals surface area contributed by atoms with Crippen molar-refractivity contribution in [3.8, 4) is 0 Å². The summed E-state index contributed by atoms with van der Waals surface area (Å²) in [4.78, 5) is 8.74. The number of nitrogens with one attached hydrogen (secondary N) is 1. The Morgan fingerprint density at radius 1 is 1.10 bits per heavy atom. The summed E-state index contributed by atoms with van der Waals surface area (Å²) in [6.45, 7) is 5.26. The van der Waals surface area contributed by atoms with Crippen LogP contribution in [0.2, 0.25) is 0 Å². The highest BCUT2D eigenvalue weighted by Gasteiger charge is 2.16. The van der Waals surface area contributed by atoms with Crippen molar-refractivity contribution in [1.29, 1.82) is 0 Å². The van der Waals surface area contributed by atoms with Gasteiger partial charge in [0.1, 0.15) is 12.1 Å². The van der Waals surface area contributed by atoms with Crippen LogP contribution in [0.25, 0.3) is 0 Å². The summed E-state index contributed by atoms with van der Waals surface area (Å²) in [7, 11) is 0. The first-order valence-electron chi connectivity index (χ1n) is 7.39. The van der Waals surface area contributed by atoms with Gasteiger partial charge in [-0.3, -0.25) is 0 Å². The van der Waals surface area contributed by atoms with Gasteiger partial charge >= 0.3 is 0 Å². The summed E-state index contributed by atoms with van der Waals surface area (Å²) in [5.41, 5.74) is 5.21. The van der Waals surface area contributed by atoms with Crippen LogP contribution in [-0.4, -0.2) is 9.97 Å². The molecule has 104 valence electrons. The topological polar surface area (TPSA) is 37.8 Å². The summed E-state index contributed by atoms with van der Waals surface area (Å²) in [5, 5.41) is 3.46. The third-order valence-electron chi connectivity index (χ3n) is 3.98. The number of nitrogens with zero attached hydrogens (tertiary/aromatic N) is 2. The van der Waals surface area contributed by atoms with Crippen molar-refractivity contribution in [2.45, 2.75) is 45.6 Å². The summed E-state index contributed by atoms with van der Waals surface area (Å²) in [5.74, 6) is 1.60. The van der Waals surface area contributed by atoms with Crippen LogP contribution in [0.1, 0.15) is 48.6 Å². The van der Waals surface area contributed by atoms with Gasteiger partial charge in [-0.05, 0) is 36.3 Å². The van der Waals surface area contributed by atoms with E-state index < -0.39 is 0 Å². The number of rotatable bonds is 4. The Bertz CT molecular complexity index is 588. The van der Waals surface area contributed by atoms with Crippen LogP contribution >= 0.6 is 0 Å². The molecule has 3 rings (SSSR count). The number of fused-ring (bicyclic) bond motifs is 1. The average Bonchev–Trinajstić information content (AvgIpc) is 2.94. The molecule has 0 atom stereocenters. The predicted octanol–water partition coefficient (Wildman–Crippen LogP) is 3.70. The average molecular weight is 267 g/mol. The first-order valence-corrected chi connectivity index (χ1v) is 7.39. The summed E-state index contributed by atoms with van der Waals surface area (Å²) in [6, 6.07) is 8.83. The molecule has 1 N–H and O–H groups in total. The second-order valence-corrected chi connectivity index (χ2v) is 5.75. The molecule has 1 aromatic heterocycles. The standard InChI is InChI=1S/C17H21N3/c1-12(2)14-8-6-13(7-9-14)10-18-17-15-4-3-5-16(15)19-11-20-17/h6-9,11-12H,3-5,10H2,1-2H3,(H,18,19,20). The van der Waals surface area contributed by atoms with Crippen LogP contribution in [0.4, 0.5) is 5.82 Å². The van der Waals surface area contributed by atoms with Crippen LogP contribution in [0, 0.1) is 0 Å². The van der Waals surface area contributed by atoms with E-state index in [-0.39, 0.29) is 0 Å². The molecular formula is C17H21N3. The van der Waals surface area contributed by atoms with Crippen LogP contribution in [-0.2, 0) is 19.4 Å². The van der Waals surface area contributed by atoms with Gasteiger partial charge in [0, 0.05) is 17.8 Å². The molecule has 0 amide bonds. The van der Waals surface area contributed by atoms with Gasteiger partial charge in [-0.2, -0.15) is 0 Å². The Labute approximate surface area is 120 Å². The van der Waals surface area contributed by atoms with Crippen molar-refractivity contribution in [1.82, 2.24) is 9.97 Å². The van der Waals surface area contributed by atoms with Crippen molar-refractivity contribution in [2.75, 3.05) is 5.32 Å². The van der Waals surface area contributed by atoms with Crippen LogP contribution < -0.4 is 5.32 Å². The molecule has 0 saturated carbocycles. The predicted molar refractivity (Wildman–Crippen MR) is 81.9 cm³/mol. The highest BCUT2D eigenvalue weighted by Crippen LogP contribution is 2.25. The Balaban J connectivity index is 1.69. The van der Waals surface area contributed by atoms with Crippen LogP contribution in [0.5, 0.6) is 0 Å². The van der Waals surface area contributed by atoms with E-state index in [0.29, 0.717) is 5.92 Å². The first kappa shape index (κ1) is 13.1. The minimum absolute atomic E-state index is 0.585. The van der Waals surface area contributed by atoms with Crippen molar-refractivity contribution in [3.05, 3.63) is 53.0 Å². The summed E-state index contributed by atoms with van der Waals surface area (Å²) < 4.78 is 0. The fourth-order valence-electron chi connectivity index (χ4n) is 2.72. The summed E-state index contributed by atoms with van der Waals surface area (Å²) >= 11 is 0. The third-order valence-corrected chi connectivity index (χ3v) is 3.98. The van der Waals surface area contributed by atoms with Gasteiger partial charge < -0.3 is 5.32 Å². The monoisotopic (exact) mass is 267 g/mol. The van der Waals surface area contributed by atoms with Crippen molar-refractivity contribution in [2.24, 2.45) is 0 Å². The largest absolute Gasteiger partial charge is 0.366 e. The molecule has 0 aliphatic heterocycles. The van der Waals surface area contributed by atoms with E-state index in [4.69, 9.17) is 0 Å². The fourth-order valence-corrected chi connectivity index (χ4v) is 2.72. The zero-order chi connectivity index (χ0) is 13.9. The van der Waals surface area contributed by atoms with Gasteiger partial charge in [0.15, 0.2) is 0 Å². The number of hydrogen-bond acceptors (Lipinski definition) is 3. The normalized spacial score (nSPS) is 13.6. The van der Waals surface area contributed by atoms with Gasteiger partial charge in [0.2, 0.25) is 0 Å². The molecule has 0 saturated heterocycles. The molecule has 1 aliphatic carbocycles. The maximum Gasteiger partial charge on any atom is 0.133 e. The van der Waals surface area contributed by atoms with Gasteiger partial charge in [-0.15, -0.1) is 0 Å². The number of anilines is 1. The maximum absolute atomic E-state index is 4.39. The molecule has 0 spiro atoms. The molecule has 2 aromatic rings. The quantitative estimate of drug-likeness (QED) is 0.917. The van der Waals surface area contributed by atoms with Crippen LogP contribution in [0.15, 0.2) is 30.6 Å². The molecule has 0 radical (unpaired) electrons. The van der Waals surface area contributed by atoms with Crippen molar-refractivity contribution >= 4 is 5.82 Å². The molecule has 1 aliphatic rings. The van der Waals surface area contributed by atoms with Gasteiger partial charge in [0.25, 0.3) is 0 Å². The molecule has 1 aromatic carbocycles. The lowest BCUT2D eigenvalue weighted by atomic mass is 10.0. The van der Waals surface area contributed by atoms with Gasteiger partial charge in [-0.25, -0.2) is 9.97 Å². The molecule has 20 heavy (non-hydrogen) atoms. The minimum atomic E-state index is 0.585. The number of aromatic nitrogens is 2. The Morgan fingerprint density at radius 3 is 2.65 bits per heavy atom. The van der Waals surface area contributed by atoms with Gasteiger partial charge in [0.05, 0.1) is 0 Å². The fraction of sp³-hybridized carbons (Fsp3) is 0.412. The summed E-state index contributed by atoms with van der Waals surface area (Å²) in [6.07, 6.45) is 5.07. The lowest BCUT2D eigenvalue weighted by Gasteiger charge is -2.11. The molecule has 0 fully saturated rings. The van der Waals surface area contributed by atoms with E-state index in [9.17, 15) is 0 Å². The third kappa shape index (κ3) is 2.67. The first-order chi connectivity index (χ1) is 9.74. The van der Waals surface area contributed by atoms with E-state index in [0.717, 1.165) is 25.2 Å². The molecule has 0 unspecified atom stereocenters. The number of benzene rings is 1. The highest BCUT2D eigenvalue weighted by molar-refractivity contribution is 5.48. The molecular weight excluding hydrogens is 246 g/mol. The van der Waals surface area contributed by atoms with Gasteiger partial charge in [-0.1, -0.05) is 38.1 Å². The number of aryl methyl sites for hydroxylation is 1. The molecule has 3 nitrogen and oxygen atoms in total. The SMILES string of the molecule is CC(C)c1ccc(CNc2ncnc3c2CCC3)cc1. The lowest BCUT2D eigenvalue weighted by molar-refractivity contribution is 0.865. The zero-order valence-corrected chi connectivity index (χ0v) is 12.2. The minimum Gasteiger partial charge on any atom is -0.366 e. The highest BCUT2D eigenvalue weighted by atomic mass is 15.0. The zero-order valence-electron chi connectivity index (χ0n) is 12.2. The van der Waals surface area contributed by atoms with E-state index in [2.05, 4.69) is 53.4 Å². The Hall–Kier alpha value is -1.90. The Morgan fingerprint density at radius 2 is 1.90 bits per heavy atom. The van der Waals surface area contributed by atoms with E-state index >= 15 is 0 Å². The van der Waals surface area contributed by atoms with Crippen LogP contribution in [0.3, 0.4) is 0 Å². The molecule has 3 heteroatoms.